The molecule has 0 aromatic heterocycles. The standard InChI is InChI=1S/C19H28N2O2/c1-13-10-14(2)16-15(11-13)20-12-19(16)6-8-21(9-7-19)17(22)23-18(3,4)5/h10-11,20H,6-9,12H2,1-5H3. The molecule has 4 heteroatoms. The highest BCUT2D eigenvalue weighted by atomic mass is 16.6. The SMILES string of the molecule is Cc1cc(C)c2c(c1)NCC21CCN(C(=O)OC(C)(C)C)CC1. The molecule has 2 aliphatic rings. The number of nitrogens with one attached hydrogen (secondary N) is 1. The van der Waals surface area contributed by atoms with E-state index in [1.807, 2.05) is 25.7 Å². The highest BCUT2D eigenvalue weighted by molar-refractivity contribution is 5.69. The molecule has 1 saturated heterocycles. The smallest absolute Gasteiger partial charge is 0.410 e. The molecule has 0 aliphatic carbocycles. The summed E-state index contributed by atoms with van der Waals surface area (Å²) >= 11 is 0. The van der Waals surface area contributed by atoms with Gasteiger partial charge in [0.25, 0.3) is 0 Å². The van der Waals surface area contributed by atoms with Crippen LogP contribution in [0.4, 0.5) is 10.5 Å². The van der Waals surface area contributed by atoms with Crippen molar-refractivity contribution < 1.29 is 9.53 Å². The number of fused-ring (bicyclic) bond motifs is 2. The maximum Gasteiger partial charge on any atom is 0.410 e. The number of amides is 1. The van der Waals surface area contributed by atoms with Gasteiger partial charge in [-0.25, -0.2) is 4.79 Å². The quantitative estimate of drug-likeness (QED) is 0.786. The minimum Gasteiger partial charge on any atom is -0.444 e. The van der Waals surface area contributed by atoms with Crippen LogP contribution < -0.4 is 5.32 Å². The molecule has 1 spiro atoms. The molecule has 0 bridgehead atoms. The van der Waals surface area contributed by atoms with Crippen molar-refractivity contribution in [1.82, 2.24) is 4.90 Å². The minimum absolute atomic E-state index is 0.172. The summed E-state index contributed by atoms with van der Waals surface area (Å²) in [6.45, 7) is 12.6. The second-order valence-corrected chi connectivity index (χ2v) is 8.11. The molecule has 1 aromatic carbocycles. The van der Waals surface area contributed by atoms with Gasteiger partial charge in [0.2, 0.25) is 0 Å². The van der Waals surface area contributed by atoms with Crippen LogP contribution in [0.15, 0.2) is 12.1 Å². The van der Waals surface area contributed by atoms with Crippen molar-refractivity contribution in [3.63, 3.8) is 0 Å². The third-order valence-electron chi connectivity index (χ3n) is 5.00. The predicted molar refractivity (Wildman–Crippen MR) is 93.1 cm³/mol. The van der Waals surface area contributed by atoms with E-state index < -0.39 is 5.60 Å². The monoisotopic (exact) mass is 316 g/mol. The van der Waals surface area contributed by atoms with E-state index in [2.05, 4.69) is 31.3 Å². The van der Waals surface area contributed by atoms with Crippen LogP contribution in [-0.2, 0) is 10.2 Å². The Morgan fingerprint density at radius 3 is 2.48 bits per heavy atom. The first kappa shape index (κ1) is 16.2. The van der Waals surface area contributed by atoms with E-state index in [4.69, 9.17) is 4.74 Å². The third-order valence-corrected chi connectivity index (χ3v) is 5.00. The van der Waals surface area contributed by atoms with Crippen LogP contribution in [0, 0.1) is 13.8 Å². The number of ether oxygens (including phenoxy) is 1. The Labute approximate surface area is 139 Å². The van der Waals surface area contributed by atoms with E-state index in [-0.39, 0.29) is 11.5 Å². The van der Waals surface area contributed by atoms with E-state index in [1.165, 1.54) is 22.4 Å². The van der Waals surface area contributed by atoms with Gasteiger partial charge in [-0.3, -0.25) is 0 Å². The summed E-state index contributed by atoms with van der Waals surface area (Å²) in [7, 11) is 0. The summed E-state index contributed by atoms with van der Waals surface area (Å²) in [5, 5.41) is 3.59. The van der Waals surface area contributed by atoms with Gasteiger partial charge in [-0.1, -0.05) is 6.07 Å². The van der Waals surface area contributed by atoms with Crippen molar-refractivity contribution in [2.45, 2.75) is 58.5 Å². The summed E-state index contributed by atoms with van der Waals surface area (Å²) in [4.78, 5) is 14.1. The topological polar surface area (TPSA) is 41.6 Å². The zero-order valence-electron chi connectivity index (χ0n) is 15.0. The summed E-state index contributed by atoms with van der Waals surface area (Å²) in [6, 6.07) is 4.52. The Morgan fingerprint density at radius 1 is 1.22 bits per heavy atom. The molecule has 3 rings (SSSR count). The number of anilines is 1. The normalized spacial score (nSPS) is 19.4. The second-order valence-electron chi connectivity index (χ2n) is 8.11. The fourth-order valence-corrected chi connectivity index (χ4v) is 4.03. The maximum absolute atomic E-state index is 12.3. The van der Waals surface area contributed by atoms with Gasteiger partial charge in [0, 0.05) is 30.7 Å². The van der Waals surface area contributed by atoms with Crippen molar-refractivity contribution in [1.29, 1.82) is 0 Å². The lowest BCUT2D eigenvalue weighted by molar-refractivity contribution is 0.0172. The molecule has 0 atom stereocenters. The number of benzene rings is 1. The van der Waals surface area contributed by atoms with E-state index in [1.54, 1.807) is 0 Å². The van der Waals surface area contributed by atoms with Crippen LogP contribution in [0.3, 0.4) is 0 Å². The average Bonchev–Trinajstić information content (AvgIpc) is 2.76. The molecule has 23 heavy (non-hydrogen) atoms. The summed E-state index contributed by atoms with van der Waals surface area (Å²) in [5.74, 6) is 0. The van der Waals surface area contributed by atoms with Crippen molar-refractivity contribution >= 4 is 11.8 Å². The van der Waals surface area contributed by atoms with E-state index >= 15 is 0 Å². The zero-order chi connectivity index (χ0) is 16.8. The molecule has 1 N–H and O–H groups in total. The number of carbonyl (C=O) groups excluding carboxylic acids is 1. The van der Waals surface area contributed by atoms with E-state index in [0.29, 0.717) is 0 Å². The molecule has 1 aromatic rings. The molecule has 1 amide bonds. The maximum atomic E-state index is 12.3. The zero-order valence-corrected chi connectivity index (χ0v) is 15.0. The molecule has 126 valence electrons. The Balaban J connectivity index is 1.75. The predicted octanol–water partition coefficient (Wildman–Crippen LogP) is 4.00. The Bertz CT molecular complexity index is 623. The van der Waals surface area contributed by atoms with Crippen molar-refractivity contribution in [2.75, 3.05) is 25.0 Å². The number of hydrogen-bond acceptors (Lipinski definition) is 3. The molecule has 2 heterocycles. The fraction of sp³-hybridized carbons (Fsp3) is 0.632. The average molecular weight is 316 g/mol. The Kier molecular flexibility index (Phi) is 3.81. The third kappa shape index (κ3) is 3.04. The number of carbonyl (C=O) groups is 1. The van der Waals surface area contributed by atoms with Crippen LogP contribution in [-0.4, -0.2) is 36.2 Å². The fourth-order valence-electron chi connectivity index (χ4n) is 4.03. The molecule has 0 radical (unpaired) electrons. The molecular formula is C19H28N2O2. The lowest BCUT2D eigenvalue weighted by atomic mass is 9.72. The molecule has 1 fully saturated rings. The van der Waals surface area contributed by atoms with Gasteiger partial charge in [-0.15, -0.1) is 0 Å². The van der Waals surface area contributed by atoms with E-state index in [0.717, 1.165) is 32.5 Å². The highest BCUT2D eigenvalue weighted by Gasteiger charge is 2.43. The molecule has 4 nitrogen and oxygen atoms in total. The summed E-state index contributed by atoms with van der Waals surface area (Å²) in [5.41, 5.74) is 5.17. The lowest BCUT2D eigenvalue weighted by Gasteiger charge is -2.40. The summed E-state index contributed by atoms with van der Waals surface area (Å²) in [6.07, 6.45) is 1.81. The molecular weight excluding hydrogens is 288 g/mol. The molecule has 0 saturated carbocycles. The van der Waals surface area contributed by atoms with Crippen LogP contribution in [0.2, 0.25) is 0 Å². The lowest BCUT2D eigenvalue weighted by Crippen LogP contribution is -2.47. The first-order valence-electron chi connectivity index (χ1n) is 8.54. The van der Waals surface area contributed by atoms with Gasteiger partial charge in [-0.2, -0.15) is 0 Å². The summed E-state index contributed by atoms with van der Waals surface area (Å²) < 4.78 is 5.51. The van der Waals surface area contributed by atoms with Crippen LogP contribution in [0.1, 0.15) is 50.3 Å². The second kappa shape index (κ2) is 5.43. The number of hydrogen-bond donors (Lipinski definition) is 1. The van der Waals surface area contributed by atoms with Crippen LogP contribution >= 0.6 is 0 Å². The van der Waals surface area contributed by atoms with Crippen molar-refractivity contribution in [2.24, 2.45) is 0 Å². The van der Waals surface area contributed by atoms with Gasteiger partial charge < -0.3 is 15.0 Å². The van der Waals surface area contributed by atoms with Crippen LogP contribution in [0.5, 0.6) is 0 Å². The largest absolute Gasteiger partial charge is 0.444 e. The Hall–Kier alpha value is -1.71. The Morgan fingerprint density at radius 2 is 1.87 bits per heavy atom. The van der Waals surface area contributed by atoms with Crippen molar-refractivity contribution in [3.05, 3.63) is 28.8 Å². The van der Waals surface area contributed by atoms with Gasteiger partial charge in [0.15, 0.2) is 0 Å². The minimum atomic E-state index is -0.429. The number of rotatable bonds is 0. The number of likely N-dealkylation sites (tertiary alicyclic amines) is 1. The molecule has 0 unspecified atom stereocenters. The van der Waals surface area contributed by atoms with Gasteiger partial charge in [0.05, 0.1) is 0 Å². The first-order chi connectivity index (χ1) is 10.7. The van der Waals surface area contributed by atoms with E-state index in [9.17, 15) is 4.79 Å². The molecule has 2 aliphatic heterocycles. The number of nitrogens with zero attached hydrogens (tertiary/aromatic N) is 1. The first-order valence-corrected chi connectivity index (χ1v) is 8.54. The van der Waals surface area contributed by atoms with Crippen molar-refractivity contribution in [3.8, 4) is 0 Å². The number of piperidine rings is 1. The van der Waals surface area contributed by atoms with Crippen LogP contribution in [0.25, 0.3) is 0 Å². The highest BCUT2D eigenvalue weighted by Crippen LogP contribution is 2.46. The van der Waals surface area contributed by atoms with Gasteiger partial charge >= 0.3 is 6.09 Å². The van der Waals surface area contributed by atoms with Gasteiger partial charge in [-0.05, 0) is 70.2 Å². The number of aryl methyl sites for hydroxylation is 2. The van der Waals surface area contributed by atoms with Gasteiger partial charge in [0.1, 0.15) is 5.60 Å².